The van der Waals surface area contributed by atoms with Crippen molar-refractivity contribution < 1.29 is 19.8 Å². The third-order valence-electron chi connectivity index (χ3n) is 11.7. The number of rotatable bonds is 9. The summed E-state index contributed by atoms with van der Waals surface area (Å²) in [5.74, 6) is 0.0256. The molecule has 1 unspecified atom stereocenters. The number of carbonyl (C=O) groups is 2. The molecule has 4 N–H and O–H groups in total. The van der Waals surface area contributed by atoms with Crippen LogP contribution in [0.5, 0.6) is 0 Å². The van der Waals surface area contributed by atoms with Crippen molar-refractivity contribution in [1.82, 2.24) is 20.4 Å². The van der Waals surface area contributed by atoms with Crippen molar-refractivity contribution in [2.45, 2.75) is 63.3 Å². The number of hydrogen-bond donors (Lipinski definition) is 4. The van der Waals surface area contributed by atoms with Crippen LogP contribution in [0.3, 0.4) is 0 Å². The number of anilines is 2. The summed E-state index contributed by atoms with van der Waals surface area (Å²) in [7, 11) is 0. The number of nitrogens with zero attached hydrogens (tertiary/aromatic N) is 4. The molecule has 4 heterocycles. The van der Waals surface area contributed by atoms with E-state index in [0.29, 0.717) is 26.2 Å². The van der Waals surface area contributed by atoms with Gasteiger partial charge in [0.15, 0.2) is 0 Å². The minimum absolute atomic E-state index is 0.0256. The summed E-state index contributed by atoms with van der Waals surface area (Å²) in [6.45, 7) is 5.86. The molecule has 0 radical (unpaired) electrons. The van der Waals surface area contributed by atoms with Gasteiger partial charge < -0.3 is 20.8 Å². The number of amides is 4. The van der Waals surface area contributed by atoms with E-state index in [2.05, 4.69) is 93.2 Å². The number of hydrogen-bond acceptors (Lipinski definition) is 6. The molecule has 10 heteroatoms. The fraction of sp³-hybridized carbons (Fsp3) is 0.409. The zero-order valence-corrected chi connectivity index (χ0v) is 31.0. The highest BCUT2D eigenvalue weighted by atomic mass is 16.3. The van der Waals surface area contributed by atoms with Gasteiger partial charge in [0.2, 0.25) is 0 Å². The molecule has 0 bridgehead atoms. The van der Waals surface area contributed by atoms with E-state index in [-0.39, 0.29) is 31.1 Å². The predicted octanol–water partition coefficient (Wildman–Crippen LogP) is 4.84. The van der Waals surface area contributed by atoms with Crippen molar-refractivity contribution in [1.29, 1.82) is 0 Å². The van der Waals surface area contributed by atoms with Crippen LogP contribution in [0.1, 0.15) is 51.3 Å². The van der Waals surface area contributed by atoms with Crippen molar-refractivity contribution in [2.24, 2.45) is 0 Å². The maximum Gasteiger partial charge on any atom is 0.321 e. The molecule has 4 aromatic rings. The Bertz CT molecular complexity index is 1970. The number of β-amino-alcohol motifs (C(OH)–C–C–N with tert-alkyl or cyclic N) is 2. The van der Waals surface area contributed by atoms with Gasteiger partial charge >= 0.3 is 12.1 Å². The third kappa shape index (κ3) is 8.17. The molecular weight excluding hydrogens is 677 g/mol. The van der Waals surface area contributed by atoms with Gasteiger partial charge in [-0.2, -0.15) is 0 Å². The molecule has 282 valence electrons. The number of urea groups is 2. The topological polar surface area (TPSA) is 112 Å². The number of aliphatic hydroxyl groups excluding tert-OH is 2. The Morgan fingerprint density at radius 1 is 0.611 bits per heavy atom. The number of nitrogens with one attached hydrogen (secondary N) is 2. The molecule has 3 atom stereocenters. The predicted molar refractivity (Wildman–Crippen MR) is 212 cm³/mol. The SMILES string of the molecule is O=C(NC[C@@H](O)CN1CCc2ccccc2C1)N1CCCc2ccc(C3Cc4ccccc4N(C(=O)NC[C@H](O)CN4CCc5ccccc5C4)C3)cc21. The first kappa shape index (κ1) is 36.2. The van der Waals surface area contributed by atoms with Gasteiger partial charge in [-0.3, -0.25) is 19.6 Å². The maximum absolute atomic E-state index is 13.8. The van der Waals surface area contributed by atoms with Crippen molar-refractivity contribution in [3.05, 3.63) is 130 Å². The first-order valence-corrected chi connectivity index (χ1v) is 19.6. The Kier molecular flexibility index (Phi) is 11.0. The largest absolute Gasteiger partial charge is 0.390 e. The molecule has 0 fully saturated rings. The van der Waals surface area contributed by atoms with Gasteiger partial charge in [0.05, 0.1) is 12.2 Å². The highest BCUT2D eigenvalue weighted by Gasteiger charge is 2.32. The Balaban J connectivity index is 0.890. The van der Waals surface area contributed by atoms with Gasteiger partial charge in [-0.1, -0.05) is 78.9 Å². The molecule has 0 aliphatic carbocycles. The number of benzene rings is 4. The normalized spacial score (nSPS) is 19.5. The van der Waals surface area contributed by atoms with Gasteiger partial charge in [-0.15, -0.1) is 0 Å². The minimum atomic E-state index is -0.684. The Morgan fingerprint density at radius 3 is 1.80 bits per heavy atom. The van der Waals surface area contributed by atoms with E-state index in [9.17, 15) is 19.8 Å². The highest BCUT2D eigenvalue weighted by Crippen LogP contribution is 2.37. The van der Waals surface area contributed by atoms with Gasteiger partial charge in [0.25, 0.3) is 0 Å². The second kappa shape index (κ2) is 16.3. The lowest BCUT2D eigenvalue weighted by molar-refractivity contribution is 0.106. The van der Waals surface area contributed by atoms with Crippen molar-refractivity contribution in [2.75, 3.05) is 62.2 Å². The van der Waals surface area contributed by atoms with E-state index >= 15 is 0 Å². The summed E-state index contributed by atoms with van der Waals surface area (Å²) >= 11 is 0. The quantitative estimate of drug-likeness (QED) is 0.197. The molecule has 4 aliphatic heterocycles. The van der Waals surface area contributed by atoms with Crippen LogP contribution >= 0.6 is 0 Å². The lowest BCUT2D eigenvalue weighted by Crippen LogP contribution is -2.49. The summed E-state index contributed by atoms with van der Waals surface area (Å²) < 4.78 is 0. The molecule has 0 aromatic heterocycles. The standard InChI is InChI=1S/C44H52N6O4/c51-39(29-47-20-17-31-8-1-3-11-36(31)26-47)24-45-43(53)49-19-7-13-33-15-16-34(23-42(33)49)38-22-35-10-5-6-14-41(35)50(28-38)44(54)46-25-40(52)30-48-21-18-32-9-2-4-12-37(32)27-48/h1-6,8-12,14-16,23,38-40,51-52H,7,13,17-22,24-30H2,(H,45,53)(H,46,54)/t38?,39-,40+/m1/s1. The van der Waals surface area contributed by atoms with E-state index in [1.165, 1.54) is 22.3 Å². The third-order valence-corrected chi connectivity index (χ3v) is 11.7. The molecule has 0 saturated carbocycles. The zero-order chi connectivity index (χ0) is 37.0. The van der Waals surface area contributed by atoms with E-state index in [1.807, 2.05) is 23.1 Å². The van der Waals surface area contributed by atoms with E-state index in [0.717, 1.165) is 86.3 Å². The maximum atomic E-state index is 13.8. The average molecular weight is 729 g/mol. The van der Waals surface area contributed by atoms with E-state index < -0.39 is 12.2 Å². The highest BCUT2D eigenvalue weighted by molar-refractivity contribution is 5.94. The summed E-state index contributed by atoms with van der Waals surface area (Å²) in [6, 6.07) is 31.0. The van der Waals surface area contributed by atoms with Crippen LogP contribution < -0.4 is 20.4 Å². The van der Waals surface area contributed by atoms with Gasteiger partial charge in [-0.05, 0) is 83.2 Å². The molecule has 54 heavy (non-hydrogen) atoms. The number of fused-ring (bicyclic) bond motifs is 4. The first-order valence-electron chi connectivity index (χ1n) is 19.6. The smallest absolute Gasteiger partial charge is 0.321 e. The van der Waals surface area contributed by atoms with Crippen LogP contribution in [-0.2, 0) is 38.8 Å². The molecule has 8 rings (SSSR count). The Hall–Kier alpha value is -4.74. The second-order valence-electron chi connectivity index (χ2n) is 15.5. The van der Waals surface area contributed by atoms with Crippen LogP contribution in [0.25, 0.3) is 0 Å². The number of aliphatic hydroxyl groups is 2. The Labute approximate surface area is 318 Å². The number of carbonyl (C=O) groups excluding carboxylic acids is 2. The summed E-state index contributed by atoms with van der Waals surface area (Å²) in [5.41, 5.74) is 10.4. The van der Waals surface area contributed by atoms with Crippen LogP contribution in [0.15, 0.2) is 91.0 Å². The monoisotopic (exact) mass is 728 g/mol. The lowest BCUT2D eigenvalue weighted by atomic mass is 9.85. The van der Waals surface area contributed by atoms with Crippen LogP contribution in [-0.4, -0.2) is 96.6 Å². The summed E-state index contributed by atoms with van der Waals surface area (Å²) in [6.07, 6.45) is 3.12. The van der Waals surface area contributed by atoms with Gasteiger partial charge in [-0.25, -0.2) is 9.59 Å². The van der Waals surface area contributed by atoms with Crippen molar-refractivity contribution in [3.8, 4) is 0 Å². The molecule has 4 amide bonds. The number of aryl methyl sites for hydroxylation is 1. The second-order valence-corrected chi connectivity index (χ2v) is 15.5. The van der Waals surface area contributed by atoms with Crippen molar-refractivity contribution in [3.63, 3.8) is 0 Å². The van der Waals surface area contributed by atoms with Crippen molar-refractivity contribution >= 4 is 23.4 Å². The van der Waals surface area contributed by atoms with E-state index in [4.69, 9.17) is 0 Å². The molecule has 4 aromatic carbocycles. The van der Waals surface area contributed by atoms with Gasteiger partial charge in [0.1, 0.15) is 0 Å². The fourth-order valence-electron chi connectivity index (χ4n) is 8.81. The molecular formula is C44H52N6O4. The molecule has 10 nitrogen and oxygen atoms in total. The Morgan fingerprint density at radius 2 is 1.17 bits per heavy atom. The first-order chi connectivity index (χ1) is 26.4. The summed E-state index contributed by atoms with van der Waals surface area (Å²) in [5, 5.41) is 27.9. The average Bonchev–Trinajstić information content (AvgIpc) is 3.21. The van der Waals surface area contributed by atoms with Crippen LogP contribution in [0.2, 0.25) is 0 Å². The lowest BCUT2D eigenvalue weighted by Gasteiger charge is -2.36. The molecule has 0 spiro atoms. The summed E-state index contributed by atoms with van der Waals surface area (Å²) in [4.78, 5) is 35.5. The molecule has 0 saturated heterocycles. The van der Waals surface area contributed by atoms with E-state index in [1.54, 1.807) is 4.90 Å². The fourth-order valence-corrected chi connectivity index (χ4v) is 8.81. The van der Waals surface area contributed by atoms with Crippen LogP contribution in [0, 0.1) is 0 Å². The molecule has 4 aliphatic rings. The number of para-hydroxylation sites is 1. The van der Waals surface area contributed by atoms with Crippen LogP contribution in [0.4, 0.5) is 21.0 Å². The minimum Gasteiger partial charge on any atom is -0.390 e. The van der Waals surface area contributed by atoms with Gasteiger partial charge in [0, 0.05) is 82.7 Å². The zero-order valence-electron chi connectivity index (χ0n) is 31.0.